The summed E-state index contributed by atoms with van der Waals surface area (Å²) in [4.78, 5) is 30.2. The number of nitrogens with zero attached hydrogens (tertiary/aromatic N) is 2. The molecule has 0 radical (unpaired) electrons. The molecule has 2 N–H and O–H groups in total. The van der Waals surface area contributed by atoms with Gasteiger partial charge >= 0.3 is 0 Å². The van der Waals surface area contributed by atoms with Crippen LogP contribution in [0.5, 0.6) is 0 Å². The zero-order valence-corrected chi connectivity index (χ0v) is 26.0. The third kappa shape index (κ3) is 6.70. The van der Waals surface area contributed by atoms with Gasteiger partial charge in [0.25, 0.3) is 11.8 Å². The summed E-state index contributed by atoms with van der Waals surface area (Å²) in [7, 11) is 1.52. The molecular weight excluding hydrogens is 570 g/mol. The average molecular weight is 613 g/mol. The van der Waals surface area contributed by atoms with Crippen LogP contribution in [0.15, 0.2) is 45.4 Å². The molecule has 44 heavy (non-hydrogen) atoms. The molecular formula is C33H42F2N4O5. The van der Waals surface area contributed by atoms with Crippen molar-refractivity contribution < 1.29 is 32.3 Å². The molecule has 5 rings (SSSR count). The normalized spacial score (nSPS) is 19.4. The quantitative estimate of drug-likeness (QED) is 0.359. The van der Waals surface area contributed by atoms with E-state index in [9.17, 15) is 18.4 Å². The van der Waals surface area contributed by atoms with Crippen LogP contribution in [-0.2, 0) is 27.2 Å². The number of fused-ring (bicyclic) bond motifs is 1. The number of rotatable bonds is 10. The Balaban J connectivity index is 1.54. The van der Waals surface area contributed by atoms with Crippen molar-refractivity contribution in [1.82, 2.24) is 15.5 Å². The van der Waals surface area contributed by atoms with E-state index in [1.54, 1.807) is 6.08 Å². The van der Waals surface area contributed by atoms with E-state index in [0.717, 1.165) is 36.3 Å². The van der Waals surface area contributed by atoms with E-state index in [-0.39, 0.29) is 50.1 Å². The highest BCUT2D eigenvalue weighted by Gasteiger charge is 2.34. The lowest BCUT2D eigenvalue weighted by Gasteiger charge is -2.37. The van der Waals surface area contributed by atoms with Crippen molar-refractivity contribution in [2.24, 2.45) is 0 Å². The van der Waals surface area contributed by atoms with Gasteiger partial charge in [0.1, 0.15) is 22.8 Å². The SMILES string of the molecule is CCc1c(N(CC)C2CCOCC2)cc2oc(CN3CCC(F)(F)CC3)cc2c1C(=O)NCC1=C(OC)C=C(C)NC1=C=O. The molecule has 1 aromatic carbocycles. The standard InChI is InChI=1S/C33H42F2N4O5/c1-5-24-28(39(6-2)22-7-13-43-14-8-22)17-30-25(16-23(44-30)19-38-11-9-33(34,35)10-12-38)31(24)32(41)36-18-26-27(20-40)37-21(3)15-29(26)42-4/h15-17,22,37H,5-14,18-19H2,1-4H3,(H,36,41). The summed E-state index contributed by atoms with van der Waals surface area (Å²) in [6.07, 6.45) is 3.78. The monoisotopic (exact) mass is 612 g/mol. The lowest BCUT2D eigenvalue weighted by Crippen LogP contribution is -2.40. The molecule has 0 aliphatic carbocycles. The molecule has 0 bridgehead atoms. The third-order valence-corrected chi connectivity index (χ3v) is 8.81. The summed E-state index contributed by atoms with van der Waals surface area (Å²) in [5.41, 5.74) is 4.38. The molecule has 2 aromatic rings. The van der Waals surface area contributed by atoms with Gasteiger partial charge in [-0.3, -0.25) is 9.69 Å². The lowest BCUT2D eigenvalue weighted by atomic mass is 9.95. The van der Waals surface area contributed by atoms with E-state index in [1.807, 2.05) is 36.8 Å². The Labute approximate surface area is 256 Å². The van der Waals surface area contributed by atoms with Crippen LogP contribution in [0.4, 0.5) is 14.5 Å². The molecule has 0 spiro atoms. The van der Waals surface area contributed by atoms with Crippen LogP contribution in [0.2, 0.25) is 0 Å². The van der Waals surface area contributed by atoms with Gasteiger partial charge in [0, 0.05) is 86.7 Å². The number of likely N-dealkylation sites (tertiary alicyclic amines) is 1. The van der Waals surface area contributed by atoms with Gasteiger partial charge in [-0.15, -0.1) is 0 Å². The molecule has 238 valence electrons. The fourth-order valence-corrected chi connectivity index (χ4v) is 6.51. The van der Waals surface area contributed by atoms with Crippen LogP contribution in [-0.4, -0.2) is 75.2 Å². The number of allylic oxidation sites excluding steroid dienone is 2. The first-order valence-corrected chi connectivity index (χ1v) is 15.5. The van der Waals surface area contributed by atoms with E-state index < -0.39 is 5.92 Å². The largest absolute Gasteiger partial charge is 0.496 e. The maximum atomic E-state index is 14.2. The van der Waals surface area contributed by atoms with E-state index in [1.165, 1.54) is 7.11 Å². The van der Waals surface area contributed by atoms with Crippen LogP contribution >= 0.6 is 0 Å². The lowest BCUT2D eigenvalue weighted by molar-refractivity contribution is -0.0575. The molecule has 0 saturated carbocycles. The van der Waals surface area contributed by atoms with E-state index in [2.05, 4.69) is 22.5 Å². The second-order valence-electron chi connectivity index (χ2n) is 11.6. The molecule has 1 aromatic heterocycles. The Morgan fingerprint density at radius 1 is 1.23 bits per heavy atom. The van der Waals surface area contributed by atoms with E-state index in [4.69, 9.17) is 13.9 Å². The molecule has 4 heterocycles. The average Bonchev–Trinajstić information content (AvgIpc) is 3.42. The molecule has 3 aliphatic rings. The Morgan fingerprint density at radius 3 is 2.59 bits per heavy atom. The molecule has 9 nitrogen and oxygen atoms in total. The van der Waals surface area contributed by atoms with Crippen LogP contribution in [0.25, 0.3) is 11.0 Å². The van der Waals surface area contributed by atoms with Gasteiger partial charge in [0.15, 0.2) is 5.94 Å². The minimum absolute atomic E-state index is 0.0440. The van der Waals surface area contributed by atoms with E-state index >= 15 is 0 Å². The summed E-state index contributed by atoms with van der Waals surface area (Å²) in [5.74, 6) is 0.0870. The number of benzene rings is 1. The number of ether oxygens (including phenoxy) is 2. The highest BCUT2D eigenvalue weighted by Crippen LogP contribution is 2.37. The Kier molecular flexibility index (Phi) is 9.78. The summed E-state index contributed by atoms with van der Waals surface area (Å²) < 4.78 is 45.1. The maximum Gasteiger partial charge on any atom is 0.252 e. The van der Waals surface area contributed by atoms with Gasteiger partial charge in [-0.05, 0) is 50.8 Å². The number of methoxy groups -OCH3 is 1. The summed E-state index contributed by atoms with van der Waals surface area (Å²) in [5, 5.41) is 6.69. The molecule has 0 atom stereocenters. The number of carbonyl (C=O) groups excluding carboxylic acids is 2. The number of amides is 1. The first-order valence-electron chi connectivity index (χ1n) is 15.5. The fraction of sp³-hybridized carbons (Fsp3) is 0.545. The Hall–Kier alpha value is -3.66. The van der Waals surface area contributed by atoms with Crippen molar-refractivity contribution in [2.45, 2.75) is 71.4 Å². The summed E-state index contributed by atoms with van der Waals surface area (Å²) in [6, 6.07) is 4.15. The van der Waals surface area contributed by atoms with Gasteiger partial charge in [0.05, 0.1) is 19.2 Å². The van der Waals surface area contributed by atoms with Crippen molar-refractivity contribution in [3.8, 4) is 0 Å². The Bertz CT molecular complexity index is 1490. The van der Waals surface area contributed by atoms with Crippen LogP contribution in [0.3, 0.4) is 0 Å². The van der Waals surface area contributed by atoms with Crippen LogP contribution < -0.4 is 15.5 Å². The first-order chi connectivity index (χ1) is 21.2. The van der Waals surface area contributed by atoms with E-state index in [0.29, 0.717) is 59.8 Å². The zero-order valence-electron chi connectivity index (χ0n) is 26.0. The number of halogens is 2. The number of anilines is 1. The van der Waals surface area contributed by atoms with Crippen LogP contribution in [0, 0.1) is 0 Å². The predicted molar refractivity (Wildman–Crippen MR) is 164 cm³/mol. The second-order valence-corrected chi connectivity index (χ2v) is 11.6. The second kappa shape index (κ2) is 13.5. The van der Waals surface area contributed by atoms with Gasteiger partial charge < -0.3 is 29.4 Å². The Morgan fingerprint density at radius 2 is 1.95 bits per heavy atom. The number of dihydropyridines is 1. The summed E-state index contributed by atoms with van der Waals surface area (Å²) in [6.45, 7) is 9.05. The number of hydrogen-bond acceptors (Lipinski definition) is 8. The van der Waals surface area contributed by atoms with Crippen molar-refractivity contribution >= 4 is 28.5 Å². The number of nitrogens with one attached hydrogen (secondary N) is 2. The molecule has 3 aliphatic heterocycles. The van der Waals surface area contributed by atoms with Gasteiger partial charge in [-0.2, -0.15) is 0 Å². The molecule has 0 unspecified atom stereocenters. The van der Waals surface area contributed by atoms with Crippen molar-refractivity contribution in [2.75, 3.05) is 51.4 Å². The van der Waals surface area contributed by atoms with Gasteiger partial charge in [-0.25, -0.2) is 13.6 Å². The molecule has 2 fully saturated rings. The predicted octanol–water partition coefficient (Wildman–Crippen LogP) is 5.08. The van der Waals surface area contributed by atoms with Crippen molar-refractivity contribution in [3.63, 3.8) is 0 Å². The minimum Gasteiger partial charge on any atom is -0.496 e. The number of alkyl halides is 2. The molecule has 11 heteroatoms. The highest BCUT2D eigenvalue weighted by atomic mass is 19.3. The first kappa shape index (κ1) is 31.8. The fourth-order valence-electron chi connectivity index (χ4n) is 6.51. The number of carbonyl (C=O) groups is 1. The number of furan rings is 1. The van der Waals surface area contributed by atoms with Crippen molar-refractivity contribution in [1.29, 1.82) is 0 Å². The highest BCUT2D eigenvalue weighted by molar-refractivity contribution is 6.09. The molecule has 1 amide bonds. The third-order valence-electron chi connectivity index (χ3n) is 8.81. The smallest absolute Gasteiger partial charge is 0.252 e. The maximum absolute atomic E-state index is 14.2. The van der Waals surface area contributed by atoms with Crippen molar-refractivity contribution in [3.05, 3.63) is 57.8 Å². The van der Waals surface area contributed by atoms with Gasteiger partial charge in [0.2, 0.25) is 0 Å². The van der Waals surface area contributed by atoms with Crippen LogP contribution in [0.1, 0.15) is 68.1 Å². The topological polar surface area (TPSA) is 96.3 Å². The number of hydrogen-bond donors (Lipinski definition) is 2. The minimum atomic E-state index is -2.63. The summed E-state index contributed by atoms with van der Waals surface area (Å²) >= 11 is 0. The number of piperidine rings is 1. The zero-order chi connectivity index (χ0) is 31.4. The van der Waals surface area contributed by atoms with Gasteiger partial charge in [-0.1, -0.05) is 6.92 Å². The molecule has 2 saturated heterocycles.